The maximum atomic E-state index is 13.0. The minimum atomic E-state index is -3.99. The second-order valence-electron chi connectivity index (χ2n) is 7.35. The molecule has 0 radical (unpaired) electrons. The van der Waals surface area contributed by atoms with Crippen LogP contribution in [0.25, 0.3) is 0 Å². The number of amides is 1. The van der Waals surface area contributed by atoms with Crippen molar-refractivity contribution in [3.05, 3.63) is 53.1 Å². The molecule has 3 rings (SSSR count). The van der Waals surface area contributed by atoms with Crippen LogP contribution in [0, 0.1) is 13.8 Å². The van der Waals surface area contributed by atoms with Gasteiger partial charge in [0.05, 0.1) is 22.5 Å². The highest BCUT2D eigenvalue weighted by molar-refractivity contribution is 7.89. The summed E-state index contributed by atoms with van der Waals surface area (Å²) in [5, 5.41) is 5.17. The second kappa shape index (κ2) is 8.58. The van der Waals surface area contributed by atoms with Crippen molar-refractivity contribution in [2.45, 2.75) is 23.6 Å². The molecule has 1 aliphatic heterocycles. The lowest BCUT2D eigenvalue weighted by Crippen LogP contribution is -2.50. The molecule has 0 aliphatic carbocycles. The molecule has 9 nitrogen and oxygen atoms in total. The number of benzene rings is 2. The van der Waals surface area contributed by atoms with E-state index in [-0.39, 0.29) is 47.3 Å². The number of hydrogen-bond acceptors (Lipinski definition) is 6. The number of nitrogens with zero attached hydrogens (tertiary/aromatic N) is 2. The Hall–Kier alpha value is -2.47. The van der Waals surface area contributed by atoms with Crippen molar-refractivity contribution < 1.29 is 26.4 Å². The highest BCUT2D eigenvalue weighted by Crippen LogP contribution is 2.25. The van der Waals surface area contributed by atoms with E-state index in [2.05, 4.69) is 0 Å². The van der Waals surface area contributed by atoms with Crippen molar-refractivity contribution in [3.63, 3.8) is 0 Å². The molecule has 0 bridgehead atoms. The van der Waals surface area contributed by atoms with Gasteiger partial charge in [0.1, 0.15) is 5.75 Å². The molecule has 0 atom stereocenters. The molecule has 0 unspecified atom stereocenters. The summed E-state index contributed by atoms with van der Waals surface area (Å²) < 4.78 is 55.8. The smallest absolute Gasteiger partial charge is 0.257 e. The third kappa shape index (κ3) is 4.74. The van der Waals surface area contributed by atoms with Crippen LogP contribution in [-0.2, 0) is 20.0 Å². The van der Waals surface area contributed by atoms with Crippen LogP contribution >= 0.6 is 0 Å². The van der Waals surface area contributed by atoms with Crippen LogP contribution in [0.5, 0.6) is 5.75 Å². The van der Waals surface area contributed by atoms with Crippen molar-refractivity contribution in [2.24, 2.45) is 5.14 Å². The van der Waals surface area contributed by atoms with Gasteiger partial charge in [0.2, 0.25) is 20.0 Å². The fourth-order valence-electron chi connectivity index (χ4n) is 3.36. The van der Waals surface area contributed by atoms with Crippen molar-refractivity contribution >= 4 is 26.0 Å². The lowest BCUT2D eigenvalue weighted by atomic mass is 10.1. The molecular formula is C20H25N3O6S2. The van der Waals surface area contributed by atoms with E-state index in [1.54, 1.807) is 18.2 Å². The Morgan fingerprint density at radius 3 is 2.06 bits per heavy atom. The monoisotopic (exact) mass is 467 g/mol. The van der Waals surface area contributed by atoms with Gasteiger partial charge >= 0.3 is 0 Å². The first-order chi connectivity index (χ1) is 14.4. The lowest BCUT2D eigenvalue weighted by molar-refractivity contribution is 0.0694. The molecule has 168 valence electrons. The Bertz CT molecular complexity index is 1220. The number of piperazine rings is 1. The summed E-state index contributed by atoms with van der Waals surface area (Å²) >= 11 is 0. The van der Waals surface area contributed by atoms with Gasteiger partial charge in [-0.05, 0) is 55.3 Å². The van der Waals surface area contributed by atoms with Gasteiger partial charge < -0.3 is 9.64 Å². The summed E-state index contributed by atoms with van der Waals surface area (Å²) in [5.74, 6) is -0.242. The largest absolute Gasteiger partial charge is 0.496 e. The van der Waals surface area contributed by atoms with Crippen molar-refractivity contribution in [3.8, 4) is 5.75 Å². The van der Waals surface area contributed by atoms with Gasteiger partial charge in [-0.25, -0.2) is 22.0 Å². The molecule has 11 heteroatoms. The molecule has 1 saturated heterocycles. The number of carbonyl (C=O) groups is 1. The average molecular weight is 468 g/mol. The maximum absolute atomic E-state index is 13.0. The summed E-state index contributed by atoms with van der Waals surface area (Å²) in [5.41, 5.74) is 1.95. The molecular weight excluding hydrogens is 442 g/mol. The average Bonchev–Trinajstić information content (AvgIpc) is 2.74. The fraction of sp³-hybridized carbons (Fsp3) is 0.350. The third-order valence-electron chi connectivity index (χ3n) is 5.37. The van der Waals surface area contributed by atoms with Gasteiger partial charge in [0.25, 0.3) is 5.91 Å². The molecule has 2 aromatic carbocycles. The highest BCUT2D eigenvalue weighted by atomic mass is 32.2. The van der Waals surface area contributed by atoms with Crippen LogP contribution in [0.1, 0.15) is 21.5 Å². The van der Waals surface area contributed by atoms with Gasteiger partial charge in [0, 0.05) is 26.2 Å². The molecule has 1 fully saturated rings. The Kier molecular flexibility index (Phi) is 6.42. The first-order valence-electron chi connectivity index (χ1n) is 9.52. The molecule has 1 heterocycles. The zero-order chi connectivity index (χ0) is 23.0. The van der Waals surface area contributed by atoms with E-state index in [4.69, 9.17) is 9.88 Å². The highest BCUT2D eigenvalue weighted by Gasteiger charge is 2.31. The van der Waals surface area contributed by atoms with Gasteiger partial charge in [-0.3, -0.25) is 4.79 Å². The van der Waals surface area contributed by atoms with Gasteiger partial charge in [-0.2, -0.15) is 4.31 Å². The van der Waals surface area contributed by atoms with Crippen LogP contribution in [0.4, 0.5) is 0 Å². The van der Waals surface area contributed by atoms with Crippen molar-refractivity contribution in [1.82, 2.24) is 9.21 Å². The summed E-state index contributed by atoms with van der Waals surface area (Å²) in [7, 11) is -6.30. The fourth-order valence-corrected chi connectivity index (χ4v) is 5.40. The predicted octanol–water partition coefficient (Wildman–Crippen LogP) is 1.11. The van der Waals surface area contributed by atoms with Crippen LogP contribution in [0.2, 0.25) is 0 Å². The van der Waals surface area contributed by atoms with E-state index >= 15 is 0 Å². The molecule has 1 aliphatic rings. The Labute approximate surface area is 182 Å². The van der Waals surface area contributed by atoms with Crippen LogP contribution in [0.15, 0.2) is 46.2 Å². The summed E-state index contributed by atoms with van der Waals surface area (Å²) in [6.45, 7) is 4.33. The van der Waals surface area contributed by atoms with Crippen LogP contribution < -0.4 is 9.88 Å². The first-order valence-corrected chi connectivity index (χ1v) is 12.5. The second-order valence-corrected chi connectivity index (χ2v) is 10.8. The van der Waals surface area contributed by atoms with E-state index in [1.165, 1.54) is 34.5 Å². The number of rotatable bonds is 5. The number of methoxy groups -OCH3 is 1. The maximum Gasteiger partial charge on any atom is 0.257 e. The number of carbonyl (C=O) groups excluding carboxylic acids is 1. The van der Waals surface area contributed by atoms with Gasteiger partial charge in [-0.15, -0.1) is 0 Å². The summed E-state index contributed by atoms with van der Waals surface area (Å²) in [6.07, 6.45) is 0. The van der Waals surface area contributed by atoms with Crippen LogP contribution in [-0.4, -0.2) is 65.2 Å². The van der Waals surface area contributed by atoms with Crippen molar-refractivity contribution in [1.29, 1.82) is 0 Å². The lowest BCUT2D eigenvalue weighted by Gasteiger charge is -2.34. The number of nitrogens with two attached hydrogens (primary N) is 1. The Morgan fingerprint density at radius 1 is 0.903 bits per heavy atom. The van der Waals surface area contributed by atoms with Crippen LogP contribution in [0.3, 0.4) is 0 Å². The van der Waals surface area contributed by atoms with E-state index in [9.17, 15) is 21.6 Å². The standard InChI is InChI=1S/C20H25N3O6S2/c1-14-4-5-17(12-15(14)2)31(27,28)23-10-8-22(9-11-23)20(24)18-13-16(30(21,25)26)6-7-19(18)29-3/h4-7,12-13H,8-11H2,1-3H3,(H2,21,25,26). The minimum absolute atomic E-state index is 0.0551. The number of primary sulfonamides is 1. The van der Waals surface area contributed by atoms with E-state index in [0.717, 1.165) is 11.1 Å². The number of ether oxygens (including phenoxy) is 1. The quantitative estimate of drug-likeness (QED) is 0.702. The SMILES string of the molecule is COc1ccc(S(N)(=O)=O)cc1C(=O)N1CCN(S(=O)(=O)c2ccc(C)c(C)c2)CC1. The zero-order valence-electron chi connectivity index (χ0n) is 17.5. The molecule has 31 heavy (non-hydrogen) atoms. The Balaban J connectivity index is 1.79. The van der Waals surface area contributed by atoms with Gasteiger partial charge in [0.15, 0.2) is 0 Å². The normalized spacial score (nSPS) is 15.7. The Morgan fingerprint density at radius 2 is 1.52 bits per heavy atom. The predicted molar refractivity (Wildman–Crippen MR) is 115 cm³/mol. The van der Waals surface area contributed by atoms with Gasteiger partial charge in [-0.1, -0.05) is 6.07 Å². The van der Waals surface area contributed by atoms with E-state index in [0.29, 0.717) is 0 Å². The van der Waals surface area contributed by atoms with E-state index in [1.807, 2.05) is 13.8 Å². The third-order valence-corrected chi connectivity index (χ3v) is 8.18. The molecule has 1 amide bonds. The summed E-state index contributed by atoms with van der Waals surface area (Å²) in [6, 6.07) is 8.80. The number of hydrogen-bond donors (Lipinski definition) is 1. The topological polar surface area (TPSA) is 127 Å². The number of sulfonamides is 2. The molecule has 2 N–H and O–H groups in total. The zero-order valence-corrected chi connectivity index (χ0v) is 19.2. The van der Waals surface area contributed by atoms with Crippen molar-refractivity contribution in [2.75, 3.05) is 33.3 Å². The number of aryl methyl sites for hydroxylation is 2. The molecule has 0 spiro atoms. The van der Waals surface area contributed by atoms with E-state index < -0.39 is 26.0 Å². The minimum Gasteiger partial charge on any atom is -0.496 e. The summed E-state index contributed by atoms with van der Waals surface area (Å²) in [4.78, 5) is 14.5. The molecule has 0 saturated carbocycles. The molecule has 0 aromatic heterocycles. The first kappa shape index (κ1) is 23.2. The molecule has 2 aromatic rings.